The zero-order valence-electron chi connectivity index (χ0n) is 11.9. The number of carboxylic acid groups (broad SMARTS) is 1. The smallest absolute Gasteiger partial charge is 0.311 e. The first-order valence-corrected chi connectivity index (χ1v) is 7.17. The molecule has 108 valence electrons. The number of rotatable bonds is 4. The van der Waals surface area contributed by atoms with E-state index < -0.39 is 11.4 Å². The normalized spacial score (nSPS) is 34.7. The highest BCUT2D eigenvalue weighted by Crippen LogP contribution is 2.37. The van der Waals surface area contributed by atoms with Crippen molar-refractivity contribution in [2.75, 3.05) is 26.2 Å². The van der Waals surface area contributed by atoms with E-state index in [4.69, 9.17) is 0 Å². The summed E-state index contributed by atoms with van der Waals surface area (Å²) in [6.07, 6.45) is 3.31. The van der Waals surface area contributed by atoms with Crippen LogP contribution in [0.2, 0.25) is 0 Å². The van der Waals surface area contributed by atoms with Crippen molar-refractivity contribution in [1.29, 1.82) is 0 Å². The summed E-state index contributed by atoms with van der Waals surface area (Å²) in [5.41, 5.74) is -1.06. The molecule has 0 spiro atoms. The van der Waals surface area contributed by atoms with Gasteiger partial charge in [-0.1, -0.05) is 13.3 Å². The number of amides is 1. The average molecular weight is 268 g/mol. The fraction of sp³-hybridized carbons (Fsp3) is 0.857. The molecule has 0 aliphatic carbocycles. The number of aliphatic carboxylic acids is 1. The van der Waals surface area contributed by atoms with Crippen LogP contribution in [0, 0.1) is 10.8 Å². The third-order valence-electron chi connectivity index (χ3n) is 4.70. The van der Waals surface area contributed by atoms with Gasteiger partial charge in [-0.2, -0.15) is 0 Å². The van der Waals surface area contributed by atoms with E-state index in [1.54, 1.807) is 11.8 Å². The van der Waals surface area contributed by atoms with Gasteiger partial charge >= 0.3 is 5.97 Å². The molecule has 5 heteroatoms. The summed E-state index contributed by atoms with van der Waals surface area (Å²) < 4.78 is 0. The van der Waals surface area contributed by atoms with Gasteiger partial charge in [0, 0.05) is 19.6 Å². The summed E-state index contributed by atoms with van der Waals surface area (Å²) in [7, 11) is 0. The highest BCUT2D eigenvalue weighted by Gasteiger charge is 2.48. The number of nitrogens with one attached hydrogen (secondary N) is 1. The molecular formula is C14H24N2O3. The fourth-order valence-corrected chi connectivity index (χ4v) is 3.37. The Morgan fingerprint density at radius 2 is 2.11 bits per heavy atom. The Morgan fingerprint density at radius 1 is 1.37 bits per heavy atom. The summed E-state index contributed by atoms with van der Waals surface area (Å²) in [6, 6.07) is 0. The molecule has 1 amide bonds. The van der Waals surface area contributed by atoms with Gasteiger partial charge in [0.2, 0.25) is 5.91 Å². The summed E-state index contributed by atoms with van der Waals surface area (Å²) in [6.45, 7) is 6.39. The first kappa shape index (κ1) is 14.3. The summed E-state index contributed by atoms with van der Waals surface area (Å²) in [4.78, 5) is 25.8. The molecule has 0 bridgehead atoms. The van der Waals surface area contributed by atoms with Gasteiger partial charge in [0.1, 0.15) is 0 Å². The van der Waals surface area contributed by atoms with Gasteiger partial charge in [0.25, 0.3) is 0 Å². The van der Waals surface area contributed by atoms with Gasteiger partial charge in [-0.25, -0.2) is 0 Å². The molecule has 2 rings (SSSR count). The molecule has 0 radical (unpaired) electrons. The van der Waals surface area contributed by atoms with Crippen molar-refractivity contribution < 1.29 is 14.7 Å². The maximum Gasteiger partial charge on any atom is 0.311 e. The zero-order valence-corrected chi connectivity index (χ0v) is 11.9. The van der Waals surface area contributed by atoms with Crippen LogP contribution in [0.3, 0.4) is 0 Å². The SMILES string of the molecule is CCCC1(C(=O)N2CCC(C)(C(=O)O)C2)CCNC1. The molecule has 2 fully saturated rings. The number of nitrogens with zero attached hydrogens (tertiary/aromatic N) is 1. The second-order valence-electron chi connectivity index (χ2n) is 6.30. The number of carbonyl (C=O) groups is 2. The molecule has 5 nitrogen and oxygen atoms in total. The standard InChI is InChI=1S/C14H24N2O3/c1-3-4-14(5-7-15-9-14)11(17)16-8-6-13(2,10-16)12(18)19/h15H,3-10H2,1-2H3,(H,18,19). The Hall–Kier alpha value is -1.10. The zero-order chi connectivity index (χ0) is 14.1. The highest BCUT2D eigenvalue weighted by atomic mass is 16.4. The first-order chi connectivity index (χ1) is 8.93. The minimum absolute atomic E-state index is 0.157. The molecule has 2 aliphatic heterocycles. The van der Waals surface area contributed by atoms with E-state index in [2.05, 4.69) is 12.2 Å². The number of likely N-dealkylation sites (tertiary alicyclic amines) is 1. The van der Waals surface area contributed by atoms with Crippen LogP contribution in [0.25, 0.3) is 0 Å². The minimum Gasteiger partial charge on any atom is -0.481 e. The largest absolute Gasteiger partial charge is 0.481 e. The Labute approximate surface area is 114 Å². The maximum absolute atomic E-state index is 12.8. The van der Waals surface area contributed by atoms with Crippen LogP contribution in [0.1, 0.15) is 39.5 Å². The van der Waals surface area contributed by atoms with Crippen LogP contribution >= 0.6 is 0 Å². The van der Waals surface area contributed by atoms with Gasteiger partial charge in [-0.05, 0) is 32.7 Å². The molecule has 19 heavy (non-hydrogen) atoms. The van der Waals surface area contributed by atoms with Crippen molar-refractivity contribution in [2.45, 2.75) is 39.5 Å². The lowest BCUT2D eigenvalue weighted by atomic mass is 9.81. The number of hydrogen-bond acceptors (Lipinski definition) is 3. The Balaban J connectivity index is 2.10. The molecule has 0 aromatic carbocycles. The van der Waals surface area contributed by atoms with Crippen molar-refractivity contribution in [3.63, 3.8) is 0 Å². The summed E-state index contributed by atoms with van der Waals surface area (Å²) in [5, 5.41) is 12.5. The third kappa shape index (κ3) is 2.48. The van der Waals surface area contributed by atoms with Gasteiger partial charge in [-0.15, -0.1) is 0 Å². The number of carboxylic acids is 1. The third-order valence-corrected chi connectivity index (χ3v) is 4.70. The topological polar surface area (TPSA) is 69.6 Å². The highest BCUT2D eigenvalue weighted by molar-refractivity contribution is 5.85. The second kappa shape index (κ2) is 5.12. The quantitative estimate of drug-likeness (QED) is 0.801. The predicted octanol–water partition coefficient (Wildman–Crippen LogP) is 1.09. The van der Waals surface area contributed by atoms with E-state index in [0.29, 0.717) is 19.5 Å². The Bertz CT molecular complexity index is 377. The van der Waals surface area contributed by atoms with E-state index in [1.165, 1.54) is 0 Å². The Morgan fingerprint density at radius 3 is 2.58 bits per heavy atom. The monoisotopic (exact) mass is 268 g/mol. The van der Waals surface area contributed by atoms with E-state index in [1.807, 2.05) is 0 Å². The molecule has 2 heterocycles. The van der Waals surface area contributed by atoms with Gasteiger partial charge in [0.15, 0.2) is 0 Å². The molecule has 2 N–H and O–H groups in total. The van der Waals surface area contributed by atoms with Gasteiger partial charge in [-0.3, -0.25) is 9.59 Å². The van der Waals surface area contributed by atoms with Crippen molar-refractivity contribution in [3.8, 4) is 0 Å². The van der Waals surface area contributed by atoms with Crippen LogP contribution in [-0.2, 0) is 9.59 Å². The number of carbonyl (C=O) groups excluding carboxylic acids is 1. The molecule has 2 unspecified atom stereocenters. The van der Waals surface area contributed by atoms with Crippen molar-refractivity contribution in [3.05, 3.63) is 0 Å². The Kier molecular flexibility index (Phi) is 3.85. The van der Waals surface area contributed by atoms with E-state index in [-0.39, 0.29) is 11.3 Å². The van der Waals surface area contributed by atoms with E-state index in [9.17, 15) is 14.7 Å². The average Bonchev–Trinajstić information content (AvgIpc) is 2.97. The van der Waals surface area contributed by atoms with Crippen LogP contribution in [0.5, 0.6) is 0 Å². The minimum atomic E-state index is -0.795. The van der Waals surface area contributed by atoms with Crippen LogP contribution in [-0.4, -0.2) is 48.1 Å². The van der Waals surface area contributed by atoms with Crippen molar-refractivity contribution in [1.82, 2.24) is 10.2 Å². The van der Waals surface area contributed by atoms with Gasteiger partial charge in [0.05, 0.1) is 10.8 Å². The molecule has 2 aliphatic rings. The summed E-state index contributed by atoms with van der Waals surface area (Å²) in [5.74, 6) is -0.638. The molecule has 0 aromatic rings. The predicted molar refractivity (Wildman–Crippen MR) is 71.8 cm³/mol. The second-order valence-corrected chi connectivity index (χ2v) is 6.30. The van der Waals surface area contributed by atoms with Crippen molar-refractivity contribution >= 4 is 11.9 Å². The van der Waals surface area contributed by atoms with Crippen LogP contribution in [0.4, 0.5) is 0 Å². The maximum atomic E-state index is 12.8. The van der Waals surface area contributed by atoms with Gasteiger partial charge < -0.3 is 15.3 Å². The molecule has 2 atom stereocenters. The lowest BCUT2D eigenvalue weighted by Gasteiger charge is -2.32. The lowest BCUT2D eigenvalue weighted by Crippen LogP contribution is -2.45. The lowest BCUT2D eigenvalue weighted by molar-refractivity contribution is -0.148. The van der Waals surface area contributed by atoms with Crippen molar-refractivity contribution in [2.24, 2.45) is 10.8 Å². The van der Waals surface area contributed by atoms with Crippen LogP contribution in [0.15, 0.2) is 0 Å². The number of hydrogen-bond donors (Lipinski definition) is 2. The molecule has 0 aromatic heterocycles. The first-order valence-electron chi connectivity index (χ1n) is 7.17. The van der Waals surface area contributed by atoms with E-state index in [0.717, 1.165) is 32.4 Å². The molecule has 0 saturated carbocycles. The fourth-order valence-electron chi connectivity index (χ4n) is 3.37. The van der Waals surface area contributed by atoms with Crippen LogP contribution < -0.4 is 5.32 Å². The van der Waals surface area contributed by atoms with E-state index >= 15 is 0 Å². The summed E-state index contributed by atoms with van der Waals surface area (Å²) >= 11 is 0. The molecule has 2 saturated heterocycles. The molecular weight excluding hydrogens is 244 g/mol.